The number of carbonyl (C=O) groups is 1. The number of hydrogen-bond donors (Lipinski definition) is 0. The van der Waals surface area contributed by atoms with Crippen LogP contribution >= 0.6 is 0 Å². The Morgan fingerprint density at radius 3 is 2.67 bits per heavy atom. The lowest BCUT2D eigenvalue weighted by atomic mass is 10.1. The molecule has 0 aliphatic carbocycles. The van der Waals surface area contributed by atoms with Gasteiger partial charge in [-0.1, -0.05) is 12.1 Å². The van der Waals surface area contributed by atoms with Crippen LogP contribution in [0.15, 0.2) is 42.5 Å². The predicted octanol–water partition coefficient (Wildman–Crippen LogP) is 2.65. The van der Waals surface area contributed by atoms with Crippen molar-refractivity contribution in [3.63, 3.8) is 0 Å². The van der Waals surface area contributed by atoms with Crippen LogP contribution < -0.4 is 9.04 Å². The van der Waals surface area contributed by atoms with Crippen LogP contribution in [0.4, 0.5) is 10.1 Å². The summed E-state index contributed by atoms with van der Waals surface area (Å²) in [6.45, 7) is 0.632. The molecule has 1 amide bonds. The highest BCUT2D eigenvalue weighted by molar-refractivity contribution is 7.93. The van der Waals surface area contributed by atoms with Gasteiger partial charge in [-0.15, -0.1) is 0 Å². The number of amides is 1. The first kappa shape index (κ1) is 19.2. The first-order chi connectivity index (χ1) is 12.8. The maximum Gasteiger partial charge on any atom is 0.253 e. The van der Waals surface area contributed by atoms with Gasteiger partial charge in [0.2, 0.25) is 10.0 Å². The van der Waals surface area contributed by atoms with Gasteiger partial charge in [-0.2, -0.15) is 0 Å². The van der Waals surface area contributed by atoms with Crippen LogP contribution in [0.5, 0.6) is 5.75 Å². The van der Waals surface area contributed by atoms with Gasteiger partial charge in [0.05, 0.1) is 18.6 Å². The third-order valence-corrected chi connectivity index (χ3v) is 6.33. The summed E-state index contributed by atoms with van der Waals surface area (Å²) in [5.41, 5.74) is 1.50. The molecule has 2 aromatic rings. The zero-order valence-electron chi connectivity index (χ0n) is 15.2. The first-order valence-corrected chi connectivity index (χ1v) is 10.1. The second-order valence-corrected chi connectivity index (χ2v) is 8.43. The molecule has 3 rings (SSSR count). The molecular weight excluding hydrogens is 371 g/mol. The van der Waals surface area contributed by atoms with Crippen LogP contribution in [0.2, 0.25) is 0 Å². The number of methoxy groups -OCH3 is 1. The van der Waals surface area contributed by atoms with Gasteiger partial charge < -0.3 is 9.64 Å². The zero-order chi connectivity index (χ0) is 19.6. The number of ether oxygens (including phenoxy) is 1. The van der Waals surface area contributed by atoms with E-state index in [4.69, 9.17) is 4.74 Å². The van der Waals surface area contributed by atoms with Crippen LogP contribution in [0.25, 0.3) is 0 Å². The molecule has 0 atom stereocenters. The fourth-order valence-corrected chi connectivity index (χ4v) is 4.65. The molecule has 1 aliphatic rings. The van der Waals surface area contributed by atoms with E-state index in [1.54, 1.807) is 37.4 Å². The topological polar surface area (TPSA) is 66.9 Å². The van der Waals surface area contributed by atoms with Gasteiger partial charge in [0.25, 0.3) is 5.91 Å². The highest BCUT2D eigenvalue weighted by atomic mass is 32.2. The van der Waals surface area contributed by atoms with Crippen LogP contribution in [0.3, 0.4) is 0 Å². The van der Waals surface area contributed by atoms with Crippen molar-refractivity contribution in [1.29, 1.82) is 0 Å². The van der Waals surface area contributed by atoms with E-state index >= 15 is 0 Å². The molecule has 2 aromatic carbocycles. The number of halogens is 1. The normalized spacial score (nSPS) is 15.6. The molecule has 6 nitrogen and oxygen atoms in total. The van der Waals surface area contributed by atoms with Gasteiger partial charge in [-0.3, -0.25) is 9.10 Å². The second kappa shape index (κ2) is 7.56. The molecule has 1 fully saturated rings. The van der Waals surface area contributed by atoms with Crippen molar-refractivity contribution in [1.82, 2.24) is 4.90 Å². The number of anilines is 1. The summed E-state index contributed by atoms with van der Waals surface area (Å²) >= 11 is 0. The molecule has 0 bridgehead atoms. The third-order valence-electron chi connectivity index (χ3n) is 4.46. The van der Waals surface area contributed by atoms with Crippen LogP contribution in [-0.4, -0.2) is 45.7 Å². The van der Waals surface area contributed by atoms with E-state index in [2.05, 4.69) is 0 Å². The maximum atomic E-state index is 13.8. The molecule has 27 heavy (non-hydrogen) atoms. The molecule has 0 radical (unpaired) electrons. The molecule has 0 N–H and O–H groups in total. The largest absolute Gasteiger partial charge is 0.494 e. The van der Waals surface area contributed by atoms with E-state index in [-0.39, 0.29) is 24.0 Å². The van der Waals surface area contributed by atoms with Gasteiger partial charge in [-0.05, 0) is 42.3 Å². The Bertz CT molecular complexity index is 962. The summed E-state index contributed by atoms with van der Waals surface area (Å²) in [7, 11) is -0.303. The molecular formula is C19H21FN2O4S. The first-order valence-electron chi connectivity index (χ1n) is 8.50. The molecule has 8 heteroatoms. The summed E-state index contributed by atoms with van der Waals surface area (Å²) in [5.74, 6) is -0.497. The van der Waals surface area contributed by atoms with Crippen LogP contribution in [0, 0.1) is 5.82 Å². The van der Waals surface area contributed by atoms with E-state index in [0.717, 1.165) is 0 Å². The standard InChI is InChI=1S/C19H21FN2O4S/c1-21(13-14-7-8-18(26-2)17(20)11-14)19(23)15-5-3-6-16(12-15)22-9-4-10-27(22,24)25/h3,5-8,11-12H,4,9-10,13H2,1-2H3. The fourth-order valence-electron chi connectivity index (χ4n) is 3.10. The van der Waals surface area contributed by atoms with Crippen molar-refractivity contribution in [2.45, 2.75) is 13.0 Å². The molecule has 0 saturated carbocycles. The second-order valence-electron chi connectivity index (χ2n) is 6.42. The summed E-state index contributed by atoms with van der Waals surface area (Å²) in [6.07, 6.45) is 0.573. The number of nitrogens with zero attached hydrogens (tertiary/aromatic N) is 2. The van der Waals surface area contributed by atoms with Gasteiger partial charge in [0.15, 0.2) is 11.6 Å². The van der Waals surface area contributed by atoms with Crippen molar-refractivity contribution >= 4 is 21.6 Å². The van der Waals surface area contributed by atoms with E-state index in [1.165, 1.54) is 28.4 Å². The number of carbonyl (C=O) groups excluding carboxylic acids is 1. The Morgan fingerprint density at radius 1 is 1.26 bits per heavy atom. The van der Waals surface area contributed by atoms with E-state index < -0.39 is 15.8 Å². The Balaban J connectivity index is 1.77. The smallest absolute Gasteiger partial charge is 0.253 e. The average molecular weight is 392 g/mol. The van der Waals surface area contributed by atoms with E-state index in [9.17, 15) is 17.6 Å². The molecule has 1 heterocycles. The van der Waals surface area contributed by atoms with Crippen LogP contribution in [-0.2, 0) is 16.6 Å². The zero-order valence-corrected chi connectivity index (χ0v) is 16.0. The lowest BCUT2D eigenvalue weighted by molar-refractivity contribution is 0.0785. The van der Waals surface area contributed by atoms with Gasteiger partial charge >= 0.3 is 0 Å². The van der Waals surface area contributed by atoms with Gasteiger partial charge in [0.1, 0.15) is 0 Å². The monoisotopic (exact) mass is 392 g/mol. The molecule has 0 unspecified atom stereocenters. The van der Waals surface area contributed by atoms with Crippen molar-refractivity contribution in [3.8, 4) is 5.75 Å². The number of sulfonamides is 1. The third kappa shape index (κ3) is 4.05. The van der Waals surface area contributed by atoms with E-state index in [0.29, 0.717) is 29.8 Å². The minimum absolute atomic E-state index is 0.119. The minimum atomic E-state index is -3.31. The SMILES string of the molecule is COc1ccc(CN(C)C(=O)c2cccc(N3CCCS3(=O)=O)c2)cc1F. The molecule has 1 saturated heterocycles. The Hall–Kier alpha value is -2.61. The van der Waals surface area contributed by atoms with Gasteiger partial charge in [0, 0.05) is 25.7 Å². The number of hydrogen-bond acceptors (Lipinski definition) is 4. The molecule has 144 valence electrons. The quantitative estimate of drug-likeness (QED) is 0.785. The van der Waals surface area contributed by atoms with E-state index in [1.807, 2.05) is 0 Å². The molecule has 1 aliphatic heterocycles. The highest BCUT2D eigenvalue weighted by Gasteiger charge is 2.28. The minimum Gasteiger partial charge on any atom is -0.494 e. The maximum absolute atomic E-state index is 13.8. The van der Waals surface area contributed by atoms with Crippen molar-refractivity contribution in [3.05, 3.63) is 59.4 Å². The summed E-state index contributed by atoms with van der Waals surface area (Å²) < 4.78 is 44.2. The Morgan fingerprint density at radius 2 is 2.04 bits per heavy atom. The fraction of sp³-hybridized carbons (Fsp3) is 0.316. The lowest BCUT2D eigenvalue weighted by Crippen LogP contribution is -2.28. The summed E-state index contributed by atoms with van der Waals surface area (Å²) in [5, 5.41) is 0. The average Bonchev–Trinajstić information content (AvgIpc) is 3.00. The molecule has 0 aromatic heterocycles. The lowest BCUT2D eigenvalue weighted by Gasteiger charge is -2.20. The number of benzene rings is 2. The Kier molecular flexibility index (Phi) is 5.36. The predicted molar refractivity (Wildman–Crippen MR) is 101 cm³/mol. The van der Waals surface area contributed by atoms with Crippen molar-refractivity contribution in [2.24, 2.45) is 0 Å². The molecule has 0 spiro atoms. The summed E-state index contributed by atoms with van der Waals surface area (Å²) in [6, 6.07) is 11.1. The van der Waals surface area contributed by atoms with Gasteiger partial charge in [-0.25, -0.2) is 12.8 Å². The van der Waals surface area contributed by atoms with Crippen molar-refractivity contribution in [2.75, 3.05) is 30.8 Å². The van der Waals surface area contributed by atoms with Crippen molar-refractivity contribution < 1.29 is 22.3 Å². The number of rotatable bonds is 5. The summed E-state index contributed by atoms with van der Waals surface area (Å²) in [4.78, 5) is 14.2. The highest BCUT2D eigenvalue weighted by Crippen LogP contribution is 2.25. The van der Waals surface area contributed by atoms with Crippen LogP contribution in [0.1, 0.15) is 22.3 Å². The Labute approximate surface area is 158 Å².